The van der Waals surface area contributed by atoms with Crippen LogP contribution in [0.1, 0.15) is 28.4 Å². The summed E-state index contributed by atoms with van der Waals surface area (Å²) in [6, 6.07) is 15.0. The molecule has 0 saturated carbocycles. The molecule has 1 aliphatic rings. The van der Waals surface area contributed by atoms with Crippen molar-refractivity contribution < 1.29 is 23.8 Å². The first-order chi connectivity index (χ1) is 15.4. The van der Waals surface area contributed by atoms with Gasteiger partial charge < -0.3 is 14.7 Å². The Hall–Kier alpha value is -4.00. The van der Waals surface area contributed by atoms with E-state index in [1.54, 1.807) is 36.5 Å². The fourth-order valence-electron chi connectivity index (χ4n) is 3.85. The number of carbonyl (C=O) groups is 2. The number of Topliss-reactive ketones (excluding diaryl/α,β-unsaturated/α-hetero) is 1. The summed E-state index contributed by atoms with van der Waals surface area (Å²) in [4.78, 5) is 31.7. The van der Waals surface area contributed by atoms with Crippen LogP contribution in [0.5, 0.6) is 5.75 Å². The van der Waals surface area contributed by atoms with Crippen LogP contribution in [-0.4, -0.2) is 33.8 Å². The molecule has 6 nitrogen and oxygen atoms in total. The fraction of sp³-hybridized carbons (Fsp3) is 0.160. The van der Waals surface area contributed by atoms with Crippen molar-refractivity contribution in [2.45, 2.75) is 19.5 Å². The first kappa shape index (κ1) is 21.2. The van der Waals surface area contributed by atoms with E-state index >= 15 is 0 Å². The number of nitrogens with zero attached hydrogens (tertiary/aromatic N) is 2. The summed E-state index contributed by atoms with van der Waals surface area (Å²) < 4.78 is 19.0. The van der Waals surface area contributed by atoms with Gasteiger partial charge in [-0.3, -0.25) is 14.6 Å². The topological polar surface area (TPSA) is 79.7 Å². The van der Waals surface area contributed by atoms with Gasteiger partial charge in [-0.05, 0) is 48.9 Å². The van der Waals surface area contributed by atoms with Crippen LogP contribution in [-0.2, 0) is 16.1 Å². The number of halogens is 1. The fourth-order valence-corrected chi connectivity index (χ4v) is 3.85. The van der Waals surface area contributed by atoms with E-state index in [1.807, 2.05) is 13.0 Å². The van der Waals surface area contributed by atoms with E-state index in [1.165, 1.54) is 36.3 Å². The van der Waals surface area contributed by atoms with E-state index in [0.29, 0.717) is 22.6 Å². The van der Waals surface area contributed by atoms with Gasteiger partial charge in [-0.25, -0.2) is 4.39 Å². The molecule has 1 fully saturated rings. The lowest BCUT2D eigenvalue weighted by Crippen LogP contribution is -2.29. The molecule has 32 heavy (non-hydrogen) atoms. The first-order valence-electron chi connectivity index (χ1n) is 9.99. The van der Waals surface area contributed by atoms with Gasteiger partial charge in [-0.15, -0.1) is 0 Å². The molecule has 2 heterocycles. The Morgan fingerprint density at radius 1 is 1.12 bits per heavy atom. The first-order valence-corrected chi connectivity index (χ1v) is 9.99. The smallest absolute Gasteiger partial charge is 0.296 e. The predicted molar refractivity (Wildman–Crippen MR) is 116 cm³/mol. The number of benzene rings is 2. The highest BCUT2D eigenvalue weighted by atomic mass is 19.1. The maximum atomic E-state index is 13.6. The monoisotopic (exact) mass is 432 g/mol. The Morgan fingerprint density at radius 2 is 1.88 bits per heavy atom. The van der Waals surface area contributed by atoms with Crippen molar-refractivity contribution in [1.29, 1.82) is 0 Å². The van der Waals surface area contributed by atoms with Crippen molar-refractivity contribution in [3.63, 3.8) is 0 Å². The second kappa shape index (κ2) is 8.63. The molecule has 1 amide bonds. The number of aromatic nitrogens is 1. The van der Waals surface area contributed by atoms with Crippen molar-refractivity contribution in [2.75, 3.05) is 7.11 Å². The number of ketones is 1. The zero-order valence-electron chi connectivity index (χ0n) is 17.6. The third-order valence-corrected chi connectivity index (χ3v) is 5.39. The zero-order chi connectivity index (χ0) is 22.8. The molecule has 1 aliphatic heterocycles. The van der Waals surface area contributed by atoms with Crippen LogP contribution < -0.4 is 4.74 Å². The Labute approximate surface area is 184 Å². The number of hydrogen-bond donors (Lipinski definition) is 1. The quantitative estimate of drug-likeness (QED) is 0.372. The van der Waals surface area contributed by atoms with E-state index in [4.69, 9.17) is 4.74 Å². The third-order valence-electron chi connectivity index (χ3n) is 5.39. The second-order valence-electron chi connectivity index (χ2n) is 7.50. The van der Waals surface area contributed by atoms with Crippen molar-refractivity contribution in [3.05, 3.63) is 101 Å². The van der Waals surface area contributed by atoms with E-state index in [9.17, 15) is 19.1 Å². The maximum absolute atomic E-state index is 13.6. The van der Waals surface area contributed by atoms with Gasteiger partial charge in [-0.2, -0.15) is 0 Å². The number of likely N-dealkylation sites (tertiary alicyclic amines) is 1. The van der Waals surface area contributed by atoms with E-state index in [2.05, 4.69) is 4.98 Å². The lowest BCUT2D eigenvalue weighted by Gasteiger charge is -2.25. The van der Waals surface area contributed by atoms with Crippen LogP contribution in [0.25, 0.3) is 5.76 Å². The number of hydrogen-bond acceptors (Lipinski definition) is 5. The van der Waals surface area contributed by atoms with Gasteiger partial charge >= 0.3 is 0 Å². The Bertz CT molecular complexity index is 1210. The number of amides is 1. The minimum atomic E-state index is -0.914. The molecular weight excluding hydrogens is 411 g/mol. The summed E-state index contributed by atoms with van der Waals surface area (Å²) in [5.41, 5.74) is 2.13. The van der Waals surface area contributed by atoms with Crippen LogP contribution >= 0.6 is 0 Å². The summed E-state index contributed by atoms with van der Waals surface area (Å²) in [5.74, 6) is -2.02. The van der Waals surface area contributed by atoms with Crippen LogP contribution in [0.3, 0.4) is 0 Å². The molecule has 0 bridgehead atoms. The SMILES string of the molecule is COc1ccc(C)cc1/C(O)=C1\C(=O)C(=O)N(Cc2ccccn2)C1c1ccc(F)cc1. The van der Waals surface area contributed by atoms with Gasteiger partial charge in [0, 0.05) is 6.20 Å². The maximum Gasteiger partial charge on any atom is 0.296 e. The third kappa shape index (κ3) is 3.85. The van der Waals surface area contributed by atoms with Gasteiger partial charge in [0.1, 0.15) is 17.3 Å². The van der Waals surface area contributed by atoms with Crippen LogP contribution in [0, 0.1) is 12.7 Å². The molecule has 0 aliphatic carbocycles. The highest BCUT2D eigenvalue weighted by molar-refractivity contribution is 6.46. The summed E-state index contributed by atoms with van der Waals surface area (Å²) in [7, 11) is 1.46. The summed E-state index contributed by atoms with van der Waals surface area (Å²) >= 11 is 0. The number of aliphatic hydroxyl groups excluding tert-OH is 1. The summed E-state index contributed by atoms with van der Waals surface area (Å²) in [6.45, 7) is 1.89. The van der Waals surface area contributed by atoms with Crippen LogP contribution in [0.15, 0.2) is 72.4 Å². The van der Waals surface area contributed by atoms with Crippen molar-refractivity contribution in [1.82, 2.24) is 9.88 Å². The van der Waals surface area contributed by atoms with Crippen LogP contribution in [0.2, 0.25) is 0 Å². The molecule has 0 spiro atoms. The number of ether oxygens (including phenoxy) is 1. The lowest BCUT2D eigenvalue weighted by atomic mass is 9.94. The molecular formula is C25H21FN2O4. The minimum absolute atomic E-state index is 0.0508. The number of aliphatic hydroxyl groups is 1. The number of methoxy groups -OCH3 is 1. The Morgan fingerprint density at radius 3 is 2.53 bits per heavy atom. The van der Waals surface area contributed by atoms with Crippen molar-refractivity contribution >= 4 is 17.4 Å². The van der Waals surface area contributed by atoms with E-state index in [0.717, 1.165) is 5.56 Å². The largest absolute Gasteiger partial charge is 0.507 e. The number of pyridine rings is 1. The average molecular weight is 432 g/mol. The van der Waals surface area contributed by atoms with Crippen LogP contribution in [0.4, 0.5) is 4.39 Å². The van der Waals surface area contributed by atoms with Gasteiger partial charge in [-0.1, -0.05) is 29.8 Å². The Balaban J connectivity index is 1.91. The standard InChI is InChI=1S/C25H21FN2O4/c1-15-6-11-20(32-2)19(13-15)23(29)21-22(16-7-9-17(26)10-8-16)28(25(31)24(21)30)14-18-5-3-4-12-27-18/h3-13,22,29H,14H2,1-2H3/b23-21+. The van der Waals surface area contributed by atoms with Crippen molar-refractivity contribution in [3.8, 4) is 5.75 Å². The molecule has 7 heteroatoms. The number of aryl methyl sites for hydroxylation is 1. The minimum Gasteiger partial charge on any atom is -0.507 e. The molecule has 0 radical (unpaired) electrons. The average Bonchev–Trinajstić information content (AvgIpc) is 3.04. The highest BCUT2D eigenvalue weighted by Crippen LogP contribution is 2.41. The zero-order valence-corrected chi connectivity index (χ0v) is 17.6. The van der Waals surface area contributed by atoms with E-state index < -0.39 is 23.5 Å². The molecule has 3 aromatic rings. The molecule has 1 unspecified atom stereocenters. The Kier molecular flexibility index (Phi) is 5.73. The molecule has 1 aromatic heterocycles. The molecule has 4 rings (SSSR count). The van der Waals surface area contributed by atoms with E-state index in [-0.39, 0.29) is 17.9 Å². The van der Waals surface area contributed by atoms with Gasteiger partial charge in [0.25, 0.3) is 11.7 Å². The lowest BCUT2D eigenvalue weighted by molar-refractivity contribution is -0.140. The van der Waals surface area contributed by atoms with Gasteiger partial charge in [0.05, 0.1) is 36.5 Å². The molecule has 1 N–H and O–H groups in total. The van der Waals surface area contributed by atoms with Gasteiger partial charge in [0.2, 0.25) is 0 Å². The second-order valence-corrected chi connectivity index (χ2v) is 7.50. The predicted octanol–water partition coefficient (Wildman–Crippen LogP) is 4.16. The summed E-state index contributed by atoms with van der Waals surface area (Å²) in [5, 5.41) is 11.2. The van der Waals surface area contributed by atoms with Crippen molar-refractivity contribution in [2.24, 2.45) is 0 Å². The van der Waals surface area contributed by atoms with Gasteiger partial charge in [0.15, 0.2) is 0 Å². The number of rotatable bonds is 5. The molecule has 1 saturated heterocycles. The molecule has 162 valence electrons. The molecule has 1 atom stereocenters. The number of carbonyl (C=O) groups excluding carboxylic acids is 2. The normalized spacial score (nSPS) is 17.6. The summed E-state index contributed by atoms with van der Waals surface area (Å²) in [6.07, 6.45) is 1.59. The molecule has 2 aromatic carbocycles. The highest BCUT2D eigenvalue weighted by Gasteiger charge is 2.46.